The van der Waals surface area contributed by atoms with Gasteiger partial charge in [0.15, 0.2) is 0 Å². The standard InChI is InChI=1S/C15H25FN2O/c1-5-7-17-10-12-9-13(16)11-18-14(12)19-8-6-15(2,3)4/h9,11,17H,5-8,10H2,1-4H3. The summed E-state index contributed by atoms with van der Waals surface area (Å²) in [7, 11) is 0. The van der Waals surface area contributed by atoms with Crippen molar-refractivity contribution in [1.29, 1.82) is 0 Å². The van der Waals surface area contributed by atoms with Crippen molar-refractivity contribution in [2.24, 2.45) is 5.41 Å². The van der Waals surface area contributed by atoms with Gasteiger partial charge in [0.05, 0.1) is 12.8 Å². The lowest BCUT2D eigenvalue weighted by Gasteiger charge is -2.18. The van der Waals surface area contributed by atoms with Gasteiger partial charge in [0.2, 0.25) is 5.88 Å². The van der Waals surface area contributed by atoms with Crippen LogP contribution in [-0.4, -0.2) is 18.1 Å². The zero-order valence-corrected chi connectivity index (χ0v) is 12.4. The Bertz CT molecular complexity index is 388. The van der Waals surface area contributed by atoms with E-state index in [1.165, 1.54) is 12.3 Å². The Hall–Kier alpha value is -1.16. The summed E-state index contributed by atoms with van der Waals surface area (Å²) in [4.78, 5) is 4.04. The van der Waals surface area contributed by atoms with Crippen molar-refractivity contribution in [1.82, 2.24) is 10.3 Å². The second kappa shape index (κ2) is 7.43. The third kappa shape index (κ3) is 6.53. The number of rotatable bonds is 7. The Balaban J connectivity index is 2.60. The van der Waals surface area contributed by atoms with E-state index in [4.69, 9.17) is 4.74 Å². The van der Waals surface area contributed by atoms with Gasteiger partial charge in [-0.3, -0.25) is 0 Å². The molecule has 1 aromatic rings. The van der Waals surface area contributed by atoms with Crippen molar-refractivity contribution in [3.05, 3.63) is 23.6 Å². The summed E-state index contributed by atoms with van der Waals surface area (Å²) in [5.41, 5.74) is 1.00. The third-order valence-corrected chi connectivity index (χ3v) is 2.73. The van der Waals surface area contributed by atoms with Crippen LogP contribution in [0.3, 0.4) is 0 Å². The van der Waals surface area contributed by atoms with Gasteiger partial charge in [-0.15, -0.1) is 0 Å². The minimum atomic E-state index is -0.323. The molecule has 0 bridgehead atoms. The van der Waals surface area contributed by atoms with Gasteiger partial charge in [-0.1, -0.05) is 27.7 Å². The smallest absolute Gasteiger partial charge is 0.218 e. The van der Waals surface area contributed by atoms with E-state index in [-0.39, 0.29) is 11.2 Å². The van der Waals surface area contributed by atoms with Crippen LogP contribution in [0.25, 0.3) is 0 Å². The predicted octanol–water partition coefficient (Wildman–Crippen LogP) is 3.54. The second-order valence-electron chi connectivity index (χ2n) is 5.95. The van der Waals surface area contributed by atoms with Crippen molar-refractivity contribution in [3.8, 4) is 5.88 Å². The average Bonchev–Trinajstić information content (AvgIpc) is 2.30. The Morgan fingerprint density at radius 2 is 2.11 bits per heavy atom. The van der Waals surface area contributed by atoms with Gasteiger partial charge in [-0.05, 0) is 30.9 Å². The first kappa shape index (κ1) is 15.9. The van der Waals surface area contributed by atoms with Gasteiger partial charge >= 0.3 is 0 Å². The Morgan fingerprint density at radius 1 is 1.37 bits per heavy atom. The number of nitrogens with one attached hydrogen (secondary N) is 1. The molecule has 3 nitrogen and oxygen atoms in total. The van der Waals surface area contributed by atoms with Crippen molar-refractivity contribution < 1.29 is 9.13 Å². The average molecular weight is 268 g/mol. The molecule has 0 fully saturated rings. The van der Waals surface area contributed by atoms with Gasteiger partial charge < -0.3 is 10.1 Å². The fourth-order valence-corrected chi connectivity index (χ4v) is 1.58. The molecular formula is C15H25FN2O. The molecule has 108 valence electrons. The molecule has 0 amide bonds. The van der Waals surface area contributed by atoms with Gasteiger partial charge in [-0.2, -0.15) is 0 Å². The third-order valence-electron chi connectivity index (χ3n) is 2.73. The number of ether oxygens (including phenoxy) is 1. The highest BCUT2D eigenvalue weighted by molar-refractivity contribution is 5.26. The summed E-state index contributed by atoms with van der Waals surface area (Å²) in [5, 5.41) is 3.24. The second-order valence-corrected chi connectivity index (χ2v) is 5.95. The minimum Gasteiger partial charge on any atom is -0.477 e. The van der Waals surface area contributed by atoms with Crippen LogP contribution in [0.4, 0.5) is 4.39 Å². The maximum absolute atomic E-state index is 13.2. The topological polar surface area (TPSA) is 34.2 Å². The summed E-state index contributed by atoms with van der Waals surface area (Å²) in [5.74, 6) is 0.214. The molecule has 0 atom stereocenters. The van der Waals surface area contributed by atoms with Crippen LogP contribution in [0.15, 0.2) is 12.3 Å². The lowest BCUT2D eigenvalue weighted by atomic mass is 9.93. The van der Waals surface area contributed by atoms with Gasteiger partial charge in [-0.25, -0.2) is 9.37 Å². The lowest BCUT2D eigenvalue weighted by molar-refractivity contribution is 0.233. The number of halogens is 1. The Labute approximate surface area is 115 Å². The zero-order valence-electron chi connectivity index (χ0n) is 12.4. The van der Waals surface area contributed by atoms with Crippen LogP contribution in [-0.2, 0) is 6.54 Å². The molecule has 0 aliphatic rings. The fraction of sp³-hybridized carbons (Fsp3) is 0.667. The zero-order chi connectivity index (χ0) is 14.3. The molecule has 0 saturated carbocycles. The molecule has 0 aliphatic heterocycles. The van der Waals surface area contributed by atoms with Crippen LogP contribution in [0.2, 0.25) is 0 Å². The summed E-state index contributed by atoms with van der Waals surface area (Å²) < 4.78 is 18.9. The molecule has 0 spiro atoms. The van der Waals surface area contributed by atoms with E-state index < -0.39 is 0 Å². The van der Waals surface area contributed by atoms with Crippen molar-refractivity contribution in [2.75, 3.05) is 13.2 Å². The number of aromatic nitrogens is 1. The summed E-state index contributed by atoms with van der Waals surface area (Å²) in [6.07, 6.45) is 3.19. The van der Waals surface area contributed by atoms with Gasteiger partial charge in [0, 0.05) is 12.1 Å². The first-order valence-electron chi connectivity index (χ1n) is 6.90. The predicted molar refractivity (Wildman–Crippen MR) is 75.8 cm³/mol. The largest absolute Gasteiger partial charge is 0.477 e. The number of hydrogen-bond donors (Lipinski definition) is 1. The van der Waals surface area contributed by atoms with Crippen LogP contribution in [0.1, 0.15) is 46.1 Å². The number of hydrogen-bond acceptors (Lipinski definition) is 3. The Morgan fingerprint density at radius 3 is 2.74 bits per heavy atom. The lowest BCUT2D eigenvalue weighted by Crippen LogP contribution is -2.17. The first-order chi connectivity index (χ1) is 8.92. The van der Waals surface area contributed by atoms with E-state index in [0.29, 0.717) is 19.0 Å². The molecular weight excluding hydrogens is 243 g/mol. The van der Waals surface area contributed by atoms with E-state index in [0.717, 1.165) is 24.9 Å². The van der Waals surface area contributed by atoms with Crippen LogP contribution < -0.4 is 10.1 Å². The minimum absolute atomic E-state index is 0.223. The van der Waals surface area contributed by atoms with Crippen LogP contribution >= 0.6 is 0 Å². The molecule has 1 rings (SSSR count). The van der Waals surface area contributed by atoms with E-state index in [1.807, 2.05) is 0 Å². The van der Waals surface area contributed by atoms with Gasteiger partial charge in [0.25, 0.3) is 0 Å². The molecule has 1 heterocycles. The monoisotopic (exact) mass is 268 g/mol. The van der Waals surface area contributed by atoms with Gasteiger partial charge in [0.1, 0.15) is 5.82 Å². The van der Waals surface area contributed by atoms with Crippen molar-refractivity contribution in [3.63, 3.8) is 0 Å². The van der Waals surface area contributed by atoms with E-state index >= 15 is 0 Å². The fourth-order valence-electron chi connectivity index (χ4n) is 1.58. The molecule has 0 radical (unpaired) electrons. The SMILES string of the molecule is CCCNCc1cc(F)cnc1OCCC(C)(C)C. The highest BCUT2D eigenvalue weighted by Gasteiger charge is 2.12. The maximum atomic E-state index is 13.2. The Kier molecular flexibility index (Phi) is 6.22. The normalized spacial score (nSPS) is 11.6. The quantitative estimate of drug-likeness (QED) is 0.768. The van der Waals surface area contributed by atoms with E-state index in [9.17, 15) is 4.39 Å². The van der Waals surface area contributed by atoms with Crippen molar-refractivity contribution in [2.45, 2.75) is 47.1 Å². The highest BCUT2D eigenvalue weighted by Crippen LogP contribution is 2.21. The molecule has 1 aromatic heterocycles. The van der Waals surface area contributed by atoms with E-state index in [1.54, 1.807) is 0 Å². The molecule has 0 unspecified atom stereocenters. The summed E-state index contributed by atoms with van der Waals surface area (Å²) in [6, 6.07) is 1.49. The molecule has 0 saturated heterocycles. The highest BCUT2D eigenvalue weighted by atomic mass is 19.1. The molecule has 0 aromatic carbocycles. The van der Waals surface area contributed by atoms with Crippen LogP contribution in [0.5, 0.6) is 5.88 Å². The molecule has 19 heavy (non-hydrogen) atoms. The summed E-state index contributed by atoms with van der Waals surface area (Å²) >= 11 is 0. The maximum Gasteiger partial charge on any atom is 0.218 e. The van der Waals surface area contributed by atoms with Crippen molar-refractivity contribution >= 4 is 0 Å². The molecule has 0 aliphatic carbocycles. The van der Waals surface area contributed by atoms with E-state index in [2.05, 4.69) is 38.0 Å². The number of pyridine rings is 1. The van der Waals surface area contributed by atoms with Crippen LogP contribution in [0, 0.1) is 11.2 Å². The number of nitrogens with zero attached hydrogens (tertiary/aromatic N) is 1. The summed E-state index contributed by atoms with van der Waals surface area (Å²) in [6.45, 7) is 10.7. The first-order valence-corrected chi connectivity index (χ1v) is 6.90. The molecule has 4 heteroatoms. The molecule has 1 N–H and O–H groups in total.